The van der Waals surface area contributed by atoms with Gasteiger partial charge in [-0.1, -0.05) is 27.2 Å². The lowest BCUT2D eigenvalue weighted by molar-refractivity contribution is 0.604. The van der Waals surface area contributed by atoms with Crippen LogP contribution in [-0.4, -0.2) is 19.3 Å². The quantitative estimate of drug-likeness (QED) is 0.851. The number of aromatic nitrogens is 4. The van der Waals surface area contributed by atoms with E-state index in [1.807, 2.05) is 17.9 Å². The van der Waals surface area contributed by atoms with E-state index in [9.17, 15) is 0 Å². The zero-order chi connectivity index (χ0) is 15.4. The Morgan fingerprint density at radius 2 is 1.95 bits per heavy atom. The fourth-order valence-electron chi connectivity index (χ4n) is 2.69. The smallest absolute Gasteiger partial charge is 0.131 e. The Morgan fingerprint density at radius 1 is 1.19 bits per heavy atom. The van der Waals surface area contributed by atoms with Crippen LogP contribution in [0, 0.1) is 0 Å². The zero-order valence-corrected chi connectivity index (χ0v) is 13.7. The lowest BCUT2D eigenvalue weighted by Crippen LogP contribution is -2.07. The predicted molar refractivity (Wildman–Crippen MR) is 87.1 cm³/mol. The molecule has 2 aromatic rings. The highest BCUT2D eigenvalue weighted by atomic mass is 15.3. The summed E-state index contributed by atoms with van der Waals surface area (Å²) in [4.78, 5) is 4.83. The second-order valence-electron chi connectivity index (χ2n) is 5.53. The Bertz CT molecular complexity index is 594. The number of hydrogen-bond donors (Lipinski definition) is 1. The van der Waals surface area contributed by atoms with Crippen molar-refractivity contribution < 1.29 is 0 Å². The van der Waals surface area contributed by atoms with E-state index in [1.54, 1.807) is 0 Å². The maximum atomic E-state index is 6.40. The number of imidazole rings is 1. The zero-order valence-electron chi connectivity index (χ0n) is 13.7. The maximum absolute atomic E-state index is 6.40. The summed E-state index contributed by atoms with van der Waals surface area (Å²) in [5.41, 5.74) is 9.44. The molecule has 0 unspecified atom stereocenters. The molecule has 0 bridgehead atoms. The van der Waals surface area contributed by atoms with E-state index in [4.69, 9.17) is 10.7 Å². The van der Waals surface area contributed by atoms with Crippen LogP contribution in [-0.2, 0) is 26.4 Å². The van der Waals surface area contributed by atoms with Crippen molar-refractivity contribution in [3.05, 3.63) is 17.7 Å². The third-order valence-electron chi connectivity index (χ3n) is 3.79. The molecule has 2 rings (SSSR count). The number of rotatable bonds is 7. The molecule has 0 aliphatic heterocycles. The summed E-state index contributed by atoms with van der Waals surface area (Å²) in [5, 5.41) is 4.51. The highest BCUT2D eigenvalue weighted by Crippen LogP contribution is 2.29. The van der Waals surface area contributed by atoms with E-state index in [0.29, 0.717) is 0 Å². The first-order valence-electron chi connectivity index (χ1n) is 8.00. The van der Waals surface area contributed by atoms with E-state index in [-0.39, 0.29) is 0 Å². The monoisotopic (exact) mass is 289 g/mol. The van der Waals surface area contributed by atoms with Gasteiger partial charge in [-0.25, -0.2) is 4.98 Å². The molecule has 2 N–H and O–H groups in total. The minimum atomic E-state index is 0.787. The molecular weight excluding hydrogens is 262 g/mol. The van der Waals surface area contributed by atoms with Crippen molar-refractivity contribution in [1.82, 2.24) is 19.3 Å². The summed E-state index contributed by atoms with van der Waals surface area (Å²) in [5.74, 6) is 1.89. The third-order valence-corrected chi connectivity index (χ3v) is 3.79. The van der Waals surface area contributed by atoms with Gasteiger partial charge in [-0.05, 0) is 19.3 Å². The van der Waals surface area contributed by atoms with Crippen molar-refractivity contribution in [2.45, 2.75) is 59.4 Å². The normalized spacial score (nSPS) is 11.2. The van der Waals surface area contributed by atoms with Crippen LogP contribution in [0.4, 0.5) is 5.82 Å². The summed E-state index contributed by atoms with van der Waals surface area (Å²) >= 11 is 0. The Balaban J connectivity index is 2.48. The molecule has 0 aromatic carbocycles. The molecule has 0 saturated carbocycles. The molecule has 0 spiro atoms. The largest absolute Gasteiger partial charge is 0.383 e. The molecule has 2 aromatic heterocycles. The van der Waals surface area contributed by atoms with Gasteiger partial charge in [0.1, 0.15) is 17.3 Å². The topological polar surface area (TPSA) is 61.7 Å². The van der Waals surface area contributed by atoms with Gasteiger partial charge in [-0.2, -0.15) is 5.10 Å². The van der Waals surface area contributed by atoms with Crippen LogP contribution in [0.25, 0.3) is 11.3 Å². The third kappa shape index (κ3) is 3.12. The summed E-state index contributed by atoms with van der Waals surface area (Å²) in [6, 6.07) is 0. The summed E-state index contributed by atoms with van der Waals surface area (Å²) in [6.45, 7) is 7.44. The van der Waals surface area contributed by atoms with Crippen LogP contribution in [0.2, 0.25) is 0 Å². The molecule has 0 saturated heterocycles. The van der Waals surface area contributed by atoms with Crippen LogP contribution in [0.5, 0.6) is 0 Å². The fraction of sp³-hybridized carbons (Fsp3) is 0.625. The van der Waals surface area contributed by atoms with Crippen molar-refractivity contribution in [3.8, 4) is 11.3 Å². The second-order valence-corrected chi connectivity index (χ2v) is 5.53. The van der Waals surface area contributed by atoms with Gasteiger partial charge in [0.2, 0.25) is 0 Å². The minimum Gasteiger partial charge on any atom is -0.383 e. The van der Waals surface area contributed by atoms with Gasteiger partial charge in [0.05, 0.1) is 5.69 Å². The molecule has 0 radical (unpaired) electrons. The summed E-state index contributed by atoms with van der Waals surface area (Å²) < 4.78 is 4.03. The molecule has 0 amide bonds. The van der Waals surface area contributed by atoms with Crippen LogP contribution in [0.1, 0.15) is 51.6 Å². The minimum absolute atomic E-state index is 0.787. The molecular formula is C16H27N5. The SMILES string of the molecule is CCCCn1c(CCC)nc(-c2cn(C)nc2CC)c1N. The highest BCUT2D eigenvalue weighted by Gasteiger charge is 2.19. The van der Waals surface area contributed by atoms with Crippen molar-refractivity contribution in [2.75, 3.05) is 5.73 Å². The molecule has 21 heavy (non-hydrogen) atoms. The van der Waals surface area contributed by atoms with Crippen molar-refractivity contribution in [1.29, 1.82) is 0 Å². The Hall–Kier alpha value is -1.78. The molecule has 0 fully saturated rings. The predicted octanol–water partition coefficient (Wildman–Crippen LogP) is 3.18. The Morgan fingerprint density at radius 3 is 2.57 bits per heavy atom. The molecule has 0 atom stereocenters. The lowest BCUT2D eigenvalue weighted by atomic mass is 10.1. The molecule has 5 heteroatoms. The van der Waals surface area contributed by atoms with Crippen LogP contribution >= 0.6 is 0 Å². The van der Waals surface area contributed by atoms with E-state index < -0.39 is 0 Å². The first-order valence-corrected chi connectivity index (χ1v) is 8.00. The van der Waals surface area contributed by atoms with E-state index >= 15 is 0 Å². The average molecular weight is 289 g/mol. The van der Waals surface area contributed by atoms with Crippen molar-refractivity contribution in [2.24, 2.45) is 7.05 Å². The first kappa shape index (κ1) is 15.6. The summed E-state index contributed by atoms with van der Waals surface area (Å²) in [7, 11) is 1.94. The van der Waals surface area contributed by atoms with Gasteiger partial charge < -0.3 is 10.3 Å². The van der Waals surface area contributed by atoms with Gasteiger partial charge >= 0.3 is 0 Å². The number of aryl methyl sites for hydroxylation is 3. The van der Waals surface area contributed by atoms with Gasteiger partial charge in [0.15, 0.2) is 0 Å². The van der Waals surface area contributed by atoms with Crippen molar-refractivity contribution in [3.63, 3.8) is 0 Å². The van der Waals surface area contributed by atoms with E-state index in [0.717, 1.165) is 67.2 Å². The number of nitrogen functional groups attached to an aromatic ring is 1. The lowest BCUT2D eigenvalue weighted by Gasteiger charge is -2.08. The number of anilines is 1. The van der Waals surface area contributed by atoms with Crippen molar-refractivity contribution >= 4 is 5.82 Å². The number of hydrogen-bond acceptors (Lipinski definition) is 3. The van der Waals surface area contributed by atoms with Gasteiger partial charge in [-0.3, -0.25) is 4.68 Å². The number of unbranched alkanes of at least 4 members (excludes halogenated alkanes) is 1. The number of nitrogens with two attached hydrogens (primary N) is 1. The fourth-order valence-corrected chi connectivity index (χ4v) is 2.69. The van der Waals surface area contributed by atoms with Crippen LogP contribution in [0.15, 0.2) is 6.20 Å². The Kier molecular flexibility index (Phi) is 5.04. The summed E-state index contributed by atoms with van der Waals surface area (Å²) in [6.07, 6.45) is 7.25. The van der Waals surface area contributed by atoms with Gasteiger partial charge in [0, 0.05) is 31.8 Å². The van der Waals surface area contributed by atoms with Crippen LogP contribution in [0.3, 0.4) is 0 Å². The van der Waals surface area contributed by atoms with Crippen LogP contribution < -0.4 is 5.73 Å². The van der Waals surface area contributed by atoms with Gasteiger partial charge in [-0.15, -0.1) is 0 Å². The number of nitrogens with zero attached hydrogens (tertiary/aromatic N) is 4. The first-order chi connectivity index (χ1) is 10.1. The maximum Gasteiger partial charge on any atom is 0.131 e. The highest BCUT2D eigenvalue weighted by molar-refractivity contribution is 5.72. The molecule has 0 aliphatic carbocycles. The van der Waals surface area contributed by atoms with Gasteiger partial charge in [0.25, 0.3) is 0 Å². The molecule has 2 heterocycles. The van der Waals surface area contributed by atoms with E-state index in [1.165, 1.54) is 0 Å². The molecule has 5 nitrogen and oxygen atoms in total. The Labute approximate surface area is 127 Å². The molecule has 116 valence electrons. The average Bonchev–Trinajstić information content (AvgIpc) is 2.98. The standard InChI is InChI=1S/C16H27N5/c1-5-8-10-21-14(9-6-2)18-15(16(21)17)12-11-20(4)19-13(12)7-3/h11H,5-10,17H2,1-4H3. The second kappa shape index (κ2) is 6.78. The van der Waals surface area contributed by atoms with E-state index in [2.05, 4.69) is 30.4 Å². The molecule has 0 aliphatic rings.